The molecule has 2 aromatic rings. The summed E-state index contributed by atoms with van der Waals surface area (Å²) in [6, 6.07) is 7.90. The molecule has 0 radical (unpaired) electrons. The molecule has 0 spiro atoms. The maximum absolute atomic E-state index is 11.6. The Morgan fingerprint density at radius 1 is 1.26 bits per heavy atom. The second kappa shape index (κ2) is 7.18. The molecule has 3 rings (SSSR count). The number of aliphatic hydroxyl groups is 1. The maximum Gasteiger partial charge on any atom is 0.404 e. The van der Waals surface area contributed by atoms with Crippen LogP contribution in [0.25, 0.3) is 11.0 Å². The molecular formula is C18H21NO8. The van der Waals surface area contributed by atoms with E-state index in [1.54, 1.807) is 38.1 Å². The maximum atomic E-state index is 11.6. The van der Waals surface area contributed by atoms with Crippen molar-refractivity contribution in [2.75, 3.05) is 7.11 Å². The van der Waals surface area contributed by atoms with Crippen LogP contribution in [0.1, 0.15) is 13.8 Å². The Morgan fingerprint density at radius 3 is 2.67 bits per heavy atom. The molecule has 146 valence electrons. The SMILES string of the molecule is CO[C@@H]1C(OC(N)=O)C(O)C(Oc2cccc3ccc(=O)oc23)OC1(C)C. The van der Waals surface area contributed by atoms with Crippen molar-refractivity contribution in [1.82, 2.24) is 0 Å². The number of aliphatic hydroxyl groups excluding tert-OH is 1. The lowest BCUT2D eigenvalue weighted by atomic mass is 9.89. The molecule has 2 heterocycles. The van der Waals surface area contributed by atoms with E-state index < -0.39 is 41.9 Å². The third kappa shape index (κ3) is 3.75. The lowest BCUT2D eigenvalue weighted by Gasteiger charge is -2.47. The highest BCUT2D eigenvalue weighted by Gasteiger charge is 2.53. The van der Waals surface area contributed by atoms with Crippen LogP contribution in [0.5, 0.6) is 5.75 Å². The molecule has 3 unspecified atom stereocenters. The van der Waals surface area contributed by atoms with Crippen molar-refractivity contribution in [3.8, 4) is 5.75 Å². The second-order valence-electron chi connectivity index (χ2n) is 6.68. The topological polar surface area (TPSA) is 130 Å². The average Bonchev–Trinajstić information content (AvgIpc) is 2.59. The number of primary amides is 1. The average molecular weight is 379 g/mol. The number of benzene rings is 1. The van der Waals surface area contributed by atoms with Crippen LogP contribution in [0.2, 0.25) is 0 Å². The number of carbonyl (C=O) groups is 1. The molecule has 1 fully saturated rings. The first-order chi connectivity index (χ1) is 12.7. The van der Waals surface area contributed by atoms with Crippen molar-refractivity contribution in [2.24, 2.45) is 5.73 Å². The van der Waals surface area contributed by atoms with Gasteiger partial charge >= 0.3 is 11.7 Å². The normalized spacial score (nSPS) is 27.3. The van der Waals surface area contributed by atoms with Crippen molar-refractivity contribution in [3.63, 3.8) is 0 Å². The number of ether oxygens (including phenoxy) is 4. The van der Waals surface area contributed by atoms with Crippen molar-refractivity contribution in [1.29, 1.82) is 0 Å². The number of amides is 1. The van der Waals surface area contributed by atoms with Gasteiger partial charge in [-0.05, 0) is 26.0 Å². The second-order valence-corrected chi connectivity index (χ2v) is 6.68. The summed E-state index contributed by atoms with van der Waals surface area (Å²) in [7, 11) is 1.40. The number of rotatable bonds is 4. The van der Waals surface area contributed by atoms with Gasteiger partial charge in [0.05, 0.1) is 5.60 Å². The minimum atomic E-state index is -1.40. The lowest BCUT2D eigenvalue weighted by molar-refractivity contribution is -0.304. The van der Waals surface area contributed by atoms with Gasteiger partial charge in [0.25, 0.3) is 0 Å². The predicted octanol–water partition coefficient (Wildman–Crippen LogP) is 1.15. The van der Waals surface area contributed by atoms with E-state index in [0.29, 0.717) is 5.39 Å². The first-order valence-corrected chi connectivity index (χ1v) is 8.27. The van der Waals surface area contributed by atoms with Crippen LogP contribution in [-0.2, 0) is 14.2 Å². The van der Waals surface area contributed by atoms with E-state index in [4.69, 9.17) is 29.1 Å². The number of para-hydroxylation sites is 1. The van der Waals surface area contributed by atoms with Crippen LogP contribution in [0, 0.1) is 0 Å². The van der Waals surface area contributed by atoms with Gasteiger partial charge in [0.15, 0.2) is 23.5 Å². The molecule has 1 aliphatic heterocycles. The molecule has 0 bridgehead atoms. The zero-order chi connectivity index (χ0) is 19.8. The first-order valence-electron chi connectivity index (χ1n) is 8.27. The molecule has 3 N–H and O–H groups in total. The van der Waals surface area contributed by atoms with Gasteiger partial charge in [-0.2, -0.15) is 0 Å². The van der Waals surface area contributed by atoms with E-state index in [2.05, 4.69) is 0 Å². The van der Waals surface area contributed by atoms with E-state index in [1.165, 1.54) is 13.2 Å². The van der Waals surface area contributed by atoms with Crippen molar-refractivity contribution in [2.45, 2.75) is 44.1 Å². The molecule has 0 aliphatic carbocycles. The summed E-state index contributed by atoms with van der Waals surface area (Å²) in [5, 5.41) is 11.3. The summed E-state index contributed by atoms with van der Waals surface area (Å²) < 4.78 is 27.2. The van der Waals surface area contributed by atoms with Gasteiger partial charge in [0.2, 0.25) is 6.29 Å². The third-order valence-corrected chi connectivity index (χ3v) is 4.38. The Hall–Kier alpha value is -2.62. The minimum Gasteiger partial charge on any atom is -0.458 e. The molecule has 1 aliphatic rings. The summed E-state index contributed by atoms with van der Waals surface area (Å²) in [5.74, 6) is 0.193. The number of carbonyl (C=O) groups excluding carboxylic acids is 1. The molecule has 9 heteroatoms. The van der Waals surface area contributed by atoms with E-state index in [0.717, 1.165) is 0 Å². The molecule has 27 heavy (non-hydrogen) atoms. The number of methoxy groups -OCH3 is 1. The van der Waals surface area contributed by atoms with Gasteiger partial charge in [-0.15, -0.1) is 0 Å². The molecule has 1 amide bonds. The van der Waals surface area contributed by atoms with Crippen LogP contribution in [-0.4, -0.2) is 48.5 Å². The Balaban J connectivity index is 1.96. The summed E-state index contributed by atoms with van der Waals surface area (Å²) in [5.41, 5.74) is 3.80. The number of hydrogen-bond donors (Lipinski definition) is 2. The summed E-state index contributed by atoms with van der Waals surface area (Å²) in [6.07, 6.45) is -5.60. The van der Waals surface area contributed by atoms with E-state index in [9.17, 15) is 14.7 Å². The van der Waals surface area contributed by atoms with Gasteiger partial charge in [0, 0.05) is 18.6 Å². The van der Waals surface area contributed by atoms with Gasteiger partial charge in [0.1, 0.15) is 6.10 Å². The number of nitrogens with two attached hydrogens (primary N) is 1. The largest absolute Gasteiger partial charge is 0.458 e. The Labute approximate surface area is 154 Å². The number of hydrogen-bond acceptors (Lipinski definition) is 8. The zero-order valence-corrected chi connectivity index (χ0v) is 15.1. The molecule has 0 saturated carbocycles. The fraction of sp³-hybridized carbons (Fsp3) is 0.444. The summed E-state index contributed by atoms with van der Waals surface area (Å²) in [6.45, 7) is 3.40. The predicted molar refractivity (Wildman–Crippen MR) is 93.3 cm³/mol. The zero-order valence-electron chi connectivity index (χ0n) is 15.1. The monoisotopic (exact) mass is 379 g/mol. The number of fused-ring (bicyclic) bond motifs is 1. The van der Waals surface area contributed by atoms with Crippen LogP contribution in [0.15, 0.2) is 39.5 Å². The molecule has 1 aromatic carbocycles. The third-order valence-electron chi connectivity index (χ3n) is 4.38. The quantitative estimate of drug-likeness (QED) is 0.757. The summed E-state index contributed by atoms with van der Waals surface area (Å²) >= 11 is 0. The smallest absolute Gasteiger partial charge is 0.404 e. The highest BCUT2D eigenvalue weighted by molar-refractivity contribution is 5.82. The fourth-order valence-corrected chi connectivity index (χ4v) is 3.23. The molecule has 1 aromatic heterocycles. The van der Waals surface area contributed by atoms with Crippen LogP contribution in [0.3, 0.4) is 0 Å². The highest BCUT2D eigenvalue weighted by atomic mass is 16.7. The van der Waals surface area contributed by atoms with Crippen molar-refractivity contribution < 1.29 is 33.3 Å². The van der Waals surface area contributed by atoms with E-state index >= 15 is 0 Å². The fourth-order valence-electron chi connectivity index (χ4n) is 3.23. The van der Waals surface area contributed by atoms with E-state index in [1.807, 2.05) is 0 Å². The van der Waals surface area contributed by atoms with E-state index in [-0.39, 0.29) is 11.3 Å². The highest BCUT2D eigenvalue weighted by Crippen LogP contribution is 2.35. The van der Waals surface area contributed by atoms with Crippen molar-refractivity contribution in [3.05, 3.63) is 40.8 Å². The van der Waals surface area contributed by atoms with Gasteiger partial charge in [-0.1, -0.05) is 12.1 Å². The summed E-state index contributed by atoms with van der Waals surface area (Å²) in [4.78, 5) is 22.8. The molecule has 4 atom stereocenters. The molecular weight excluding hydrogens is 358 g/mol. The standard InChI is InChI=1S/C18H21NO8/c1-18(2)15(23-3)14(26-17(19)22)12(21)16(27-18)24-10-6-4-5-9-7-8-11(20)25-13(9)10/h4-8,12,14-16,21H,1-3H3,(H2,19,22)/t12?,14?,15-,16?/m1/s1. The Kier molecular flexibility index (Phi) is 5.09. The molecule has 9 nitrogen and oxygen atoms in total. The van der Waals surface area contributed by atoms with Crippen LogP contribution in [0.4, 0.5) is 4.79 Å². The van der Waals surface area contributed by atoms with Gasteiger partial charge in [-0.3, -0.25) is 0 Å². The first kappa shape index (κ1) is 19.2. The van der Waals surface area contributed by atoms with Gasteiger partial charge < -0.3 is 34.2 Å². The van der Waals surface area contributed by atoms with Gasteiger partial charge in [-0.25, -0.2) is 9.59 Å². The Bertz CT molecular complexity index is 892. The van der Waals surface area contributed by atoms with Crippen LogP contribution >= 0.6 is 0 Å². The minimum absolute atomic E-state index is 0.193. The molecule has 1 saturated heterocycles. The lowest BCUT2D eigenvalue weighted by Crippen LogP contribution is -2.65. The Morgan fingerprint density at radius 2 is 2.00 bits per heavy atom. The van der Waals surface area contributed by atoms with Crippen molar-refractivity contribution >= 4 is 17.1 Å². The van der Waals surface area contributed by atoms with Crippen LogP contribution < -0.4 is 16.1 Å².